The minimum Gasteiger partial charge on any atom is -0.482 e. The van der Waals surface area contributed by atoms with Crippen LogP contribution in [-0.4, -0.2) is 30.2 Å². The average molecular weight is 403 g/mol. The third-order valence-corrected chi connectivity index (χ3v) is 4.77. The zero-order valence-electron chi connectivity index (χ0n) is 16.6. The standard InChI is InChI=1S/C23H21N3O4/c1-14(17-8-10-21-20(12-17)24-22(27)13-29-21)25-26-23(28)15(2)30-19-9-7-16-5-3-4-6-18(16)11-19/h3-12,15H,13H2,1-2H3,(H,24,27)(H,26,28)/b25-14-/t15-/m0/s1. The fourth-order valence-electron chi connectivity index (χ4n) is 3.10. The largest absolute Gasteiger partial charge is 0.482 e. The van der Waals surface area contributed by atoms with Crippen LogP contribution in [0, 0.1) is 0 Å². The number of hydrogen-bond acceptors (Lipinski definition) is 5. The van der Waals surface area contributed by atoms with E-state index in [2.05, 4.69) is 15.8 Å². The van der Waals surface area contributed by atoms with E-state index in [0.29, 0.717) is 22.9 Å². The molecule has 1 atom stereocenters. The van der Waals surface area contributed by atoms with Gasteiger partial charge in [-0.15, -0.1) is 0 Å². The van der Waals surface area contributed by atoms with E-state index in [1.807, 2.05) is 48.5 Å². The molecule has 4 rings (SSSR count). The zero-order valence-corrected chi connectivity index (χ0v) is 16.6. The lowest BCUT2D eigenvalue weighted by Gasteiger charge is -2.18. The lowest BCUT2D eigenvalue weighted by atomic mass is 10.1. The molecule has 0 bridgehead atoms. The smallest absolute Gasteiger partial charge is 0.280 e. The van der Waals surface area contributed by atoms with Gasteiger partial charge in [-0.2, -0.15) is 5.10 Å². The molecular formula is C23H21N3O4. The fraction of sp³-hybridized carbons (Fsp3) is 0.174. The van der Waals surface area contributed by atoms with Crippen molar-refractivity contribution in [1.29, 1.82) is 0 Å². The summed E-state index contributed by atoms with van der Waals surface area (Å²) in [6.45, 7) is 3.44. The second-order valence-corrected chi connectivity index (χ2v) is 6.99. The first-order chi connectivity index (χ1) is 14.5. The van der Waals surface area contributed by atoms with Crippen LogP contribution in [0.4, 0.5) is 5.69 Å². The lowest BCUT2D eigenvalue weighted by Crippen LogP contribution is -2.34. The van der Waals surface area contributed by atoms with E-state index in [-0.39, 0.29) is 18.4 Å². The molecule has 30 heavy (non-hydrogen) atoms. The fourth-order valence-corrected chi connectivity index (χ4v) is 3.10. The summed E-state index contributed by atoms with van der Waals surface area (Å²) in [5.41, 5.74) is 4.45. The van der Waals surface area contributed by atoms with Crippen molar-refractivity contribution in [3.8, 4) is 11.5 Å². The van der Waals surface area contributed by atoms with Gasteiger partial charge in [-0.25, -0.2) is 5.43 Å². The molecule has 3 aromatic rings. The van der Waals surface area contributed by atoms with Crippen LogP contribution in [0.1, 0.15) is 19.4 Å². The Bertz CT molecular complexity index is 1160. The maximum Gasteiger partial charge on any atom is 0.280 e. The first kappa shape index (κ1) is 19.4. The summed E-state index contributed by atoms with van der Waals surface area (Å²) in [6.07, 6.45) is -0.723. The van der Waals surface area contributed by atoms with Crippen molar-refractivity contribution < 1.29 is 19.1 Å². The molecule has 0 radical (unpaired) electrons. The third-order valence-electron chi connectivity index (χ3n) is 4.77. The van der Waals surface area contributed by atoms with Crippen molar-refractivity contribution in [2.45, 2.75) is 20.0 Å². The summed E-state index contributed by atoms with van der Waals surface area (Å²) in [6, 6.07) is 19.0. The molecule has 2 N–H and O–H groups in total. The van der Waals surface area contributed by atoms with E-state index in [1.54, 1.807) is 26.0 Å². The Hall–Kier alpha value is -3.87. The summed E-state index contributed by atoms with van der Waals surface area (Å²) >= 11 is 0. The summed E-state index contributed by atoms with van der Waals surface area (Å²) in [5, 5.41) is 9.06. The van der Waals surface area contributed by atoms with Crippen molar-refractivity contribution in [2.75, 3.05) is 11.9 Å². The van der Waals surface area contributed by atoms with Gasteiger partial charge < -0.3 is 14.8 Å². The molecule has 7 nitrogen and oxygen atoms in total. The van der Waals surface area contributed by atoms with E-state index in [0.717, 1.165) is 16.3 Å². The second-order valence-electron chi connectivity index (χ2n) is 6.99. The lowest BCUT2D eigenvalue weighted by molar-refractivity contribution is -0.127. The number of nitrogens with one attached hydrogen (secondary N) is 2. The molecule has 0 spiro atoms. The molecule has 7 heteroatoms. The molecule has 0 aromatic heterocycles. The number of fused-ring (bicyclic) bond motifs is 2. The van der Waals surface area contributed by atoms with Gasteiger partial charge in [0, 0.05) is 0 Å². The van der Waals surface area contributed by atoms with Crippen LogP contribution in [0.5, 0.6) is 11.5 Å². The number of benzene rings is 3. The number of anilines is 1. The first-order valence-corrected chi connectivity index (χ1v) is 9.56. The molecule has 0 fully saturated rings. The normalized spacial score (nSPS) is 14.3. The number of rotatable bonds is 5. The molecule has 1 aliphatic heterocycles. The van der Waals surface area contributed by atoms with Gasteiger partial charge in [0.15, 0.2) is 12.7 Å². The molecule has 2 amide bonds. The van der Waals surface area contributed by atoms with Crippen molar-refractivity contribution in [1.82, 2.24) is 5.43 Å². The van der Waals surface area contributed by atoms with Gasteiger partial charge in [-0.3, -0.25) is 9.59 Å². The van der Waals surface area contributed by atoms with Gasteiger partial charge in [-0.05, 0) is 60.5 Å². The minimum atomic E-state index is -0.723. The summed E-state index contributed by atoms with van der Waals surface area (Å²) in [4.78, 5) is 23.9. The van der Waals surface area contributed by atoms with E-state index >= 15 is 0 Å². The van der Waals surface area contributed by atoms with Crippen molar-refractivity contribution in [2.24, 2.45) is 5.10 Å². The number of carbonyl (C=O) groups is 2. The minimum absolute atomic E-state index is 0.00454. The summed E-state index contributed by atoms with van der Waals surface area (Å²) < 4.78 is 11.1. The monoisotopic (exact) mass is 403 g/mol. The maximum atomic E-state index is 12.4. The van der Waals surface area contributed by atoms with Crippen LogP contribution < -0.4 is 20.2 Å². The van der Waals surface area contributed by atoms with E-state index < -0.39 is 6.10 Å². The molecule has 3 aromatic carbocycles. The topological polar surface area (TPSA) is 89.0 Å². The van der Waals surface area contributed by atoms with Gasteiger partial charge in [0.1, 0.15) is 11.5 Å². The van der Waals surface area contributed by atoms with Crippen molar-refractivity contribution in [3.05, 3.63) is 66.2 Å². The van der Waals surface area contributed by atoms with E-state index in [9.17, 15) is 9.59 Å². The highest BCUT2D eigenvalue weighted by Crippen LogP contribution is 2.28. The van der Waals surface area contributed by atoms with Crippen molar-refractivity contribution >= 4 is 34.0 Å². The first-order valence-electron chi connectivity index (χ1n) is 9.56. The Kier molecular flexibility index (Phi) is 5.34. The quantitative estimate of drug-likeness (QED) is 0.504. The van der Waals surface area contributed by atoms with Crippen LogP contribution in [0.2, 0.25) is 0 Å². The van der Waals surface area contributed by atoms with Gasteiger partial charge >= 0.3 is 0 Å². The molecule has 0 saturated carbocycles. The molecule has 152 valence electrons. The third kappa shape index (κ3) is 4.25. The molecule has 0 unspecified atom stereocenters. The highest BCUT2D eigenvalue weighted by Gasteiger charge is 2.17. The SMILES string of the molecule is C/C(=N/NC(=O)[C@H](C)Oc1ccc2ccccc2c1)c1ccc2c(c1)NC(=O)CO2. The van der Waals surface area contributed by atoms with Gasteiger partial charge in [-0.1, -0.05) is 30.3 Å². The number of hydrogen-bond donors (Lipinski definition) is 2. The van der Waals surface area contributed by atoms with E-state index in [1.165, 1.54) is 0 Å². The Balaban J connectivity index is 1.40. The number of hydrazone groups is 1. The van der Waals surface area contributed by atoms with Gasteiger partial charge in [0.05, 0.1) is 11.4 Å². The number of nitrogens with zero attached hydrogens (tertiary/aromatic N) is 1. The highest BCUT2D eigenvalue weighted by atomic mass is 16.5. The van der Waals surface area contributed by atoms with Gasteiger partial charge in [0.2, 0.25) is 0 Å². The Morgan fingerprint density at radius 1 is 1.13 bits per heavy atom. The maximum absolute atomic E-state index is 12.4. The Morgan fingerprint density at radius 2 is 1.93 bits per heavy atom. The Morgan fingerprint density at radius 3 is 2.77 bits per heavy atom. The summed E-state index contributed by atoms with van der Waals surface area (Å²) in [7, 11) is 0. The molecule has 0 saturated heterocycles. The molecule has 0 aliphatic carbocycles. The second kappa shape index (κ2) is 8.24. The van der Waals surface area contributed by atoms with Crippen LogP contribution in [-0.2, 0) is 9.59 Å². The van der Waals surface area contributed by atoms with Gasteiger partial charge in [0.25, 0.3) is 11.8 Å². The predicted molar refractivity (Wildman–Crippen MR) is 115 cm³/mol. The van der Waals surface area contributed by atoms with E-state index in [4.69, 9.17) is 9.47 Å². The summed E-state index contributed by atoms with van der Waals surface area (Å²) in [5.74, 6) is 0.648. The van der Waals surface area contributed by atoms with Crippen LogP contribution in [0.25, 0.3) is 10.8 Å². The number of carbonyl (C=O) groups excluding carboxylic acids is 2. The molecule has 1 aliphatic rings. The zero-order chi connectivity index (χ0) is 21.1. The predicted octanol–water partition coefficient (Wildman–Crippen LogP) is 3.48. The van der Waals surface area contributed by atoms with Crippen LogP contribution in [0.15, 0.2) is 65.8 Å². The highest BCUT2D eigenvalue weighted by molar-refractivity contribution is 6.02. The Labute approximate surface area is 173 Å². The van der Waals surface area contributed by atoms with Crippen LogP contribution >= 0.6 is 0 Å². The van der Waals surface area contributed by atoms with Crippen molar-refractivity contribution in [3.63, 3.8) is 0 Å². The number of amides is 2. The average Bonchev–Trinajstić information content (AvgIpc) is 2.76. The number of ether oxygens (including phenoxy) is 2. The molecule has 1 heterocycles. The van der Waals surface area contributed by atoms with Crippen LogP contribution in [0.3, 0.4) is 0 Å². The molecular weight excluding hydrogens is 382 g/mol.